The highest BCUT2D eigenvalue weighted by Crippen LogP contribution is 2.20. The van der Waals surface area contributed by atoms with E-state index in [0.717, 1.165) is 11.3 Å². The number of anilines is 2. The molecule has 0 radical (unpaired) electrons. The monoisotopic (exact) mass is 331 g/mol. The van der Waals surface area contributed by atoms with Crippen LogP contribution in [0, 0.1) is 0 Å². The molecule has 114 valence electrons. The Balaban J connectivity index is 2.09. The van der Waals surface area contributed by atoms with Crippen molar-refractivity contribution in [3.8, 4) is 0 Å². The van der Waals surface area contributed by atoms with Crippen molar-refractivity contribution in [2.45, 2.75) is 17.8 Å². The van der Waals surface area contributed by atoms with Crippen LogP contribution in [0.3, 0.4) is 0 Å². The topological polar surface area (TPSA) is 145 Å². The third kappa shape index (κ3) is 3.53. The Morgan fingerprint density at radius 1 is 1.48 bits per heavy atom. The summed E-state index contributed by atoms with van der Waals surface area (Å²) in [5, 5.41) is 13.5. The van der Waals surface area contributed by atoms with Crippen molar-refractivity contribution in [2.24, 2.45) is 7.05 Å². The van der Waals surface area contributed by atoms with E-state index < -0.39 is 10.0 Å². The van der Waals surface area contributed by atoms with E-state index in [1.54, 1.807) is 7.05 Å². The summed E-state index contributed by atoms with van der Waals surface area (Å²) in [5.41, 5.74) is 6.27. The van der Waals surface area contributed by atoms with Gasteiger partial charge in [0.1, 0.15) is 5.82 Å². The van der Waals surface area contributed by atoms with Crippen LogP contribution in [-0.4, -0.2) is 34.3 Å². The molecule has 0 saturated heterocycles. The van der Waals surface area contributed by atoms with E-state index in [2.05, 4.69) is 25.3 Å². The number of aryl methyl sites for hydroxylation is 1. The molecule has 2 heterocycles. The normalized spacial score (nSPS) is 11.5. The number of nitrogens with zero attached hydrogens (tertiary/aromatic N) is 4. The largest absolute Gasteiger partial charge is 0.384 e. The van der Waals surface area contributed by atoms with Crippen molar-refractivity contribution in [2.75, 3.05) is 11.1 Å². The van der Waals surface area contributed by atoms with Gasteiger partial charge in [-0.3, -0.25) is 9.48 Å². The lowest BCUT2D eigenvalue weighted by molar-refractivity contribution is -0.114. The molecule has 0 unspecified atom stereocenters. The van der Waals surface area contributed by atoms with Crippen LogP contribution in [0.15, 0.2) is 10.5 Å². The average Bonchev–Trinajstić information content (AvgIpc) is 2.97. The van der Waals surface area contributed by atoms with Crippen molar-refractivity contribution in [1.82, 2.24) is 24.7 Å². The molecule has 0 fully saturated rings. The van der Waals surface area contributed by atoms with E-state index in [1.807, 2.05) is 0 Å². The summed E-state index contributed by atoms with van der Waals surface area (Å²) in [6, 6.07) is 0. The molecule has 12 heteroatoms. The van der Waals surface area contributed by atoms with Crippen LogP contribution >= 0.6 is 11.3 Å². The van der Waals surface area contributed by atoms with Gasteiger partial charge in [-0.2, -0.15) is 5.10 Å². The highest BCUT2D eigenvalue weighted by atomic mass is 32.2. The zero-order valence-corrected chi connectivity index (χ0v) is 12.8. The van der Waals surface area contributed by atoms with Gasteiger partial charge in [-0.25, -0.2) is 13.1 Å². The Kier molecular flexibility index (Phi) is 4.20. The van der Waals surface area contributed by atoms with Gasteiger partial charge in [-0.05, 0) is 0 Å². The summed E-state index contributed by atoms with van der Waals surface area (Å²) in [4.78, 5) is 10.9. The lowest BCUT2D eigenvalue weighted by atomic mass is 10.3. The summed E-state index contributed by atoms with van der Waals surface area (Å²) in [7, 11) is -2.18. The minimum absolute atomic E-state index is 0.0168. The Bertz CT molecular complexity index is 764. The van der Waals surface area contributed by atoms with Crippen LogP contribution in [0.5, 0.6) is 0 Å². The zero-order chi connectivity index (χ0) is 15.6. The molecule has 4 N–H and O–H groups in total. The van der Waals surface area contributed by atoms with Crippen LogP contribution in [0.1, 0.15) is 12.5 Å². The van der Waals surface area contributed by atoms with Gasteiger partial charge >= 0.3 is 0 Å². The van der Waals surface area contributed by atoms with E-state index in [1.165, 1.54) is 17.8 Å². The molecule has 1 amide bonds. The van der Waals surface area contributed by atoms with Crippen LogP contribution in [0.4, 0.5) is 10.9 Å². The predicted octanol–water partition coefficient (Wildman–Crippen LogP) is -0.709. The van der Waals surface area contributed by atoms with Gasteiger partial charge in [0.05, 0.1) is 6.20 Å². The fourth-order valence-corrected chi connectivity index (χ4v) is 3.38. The number of rotatable bonds is 5. The molecule has 0 spiro atoms. The van der Waals surface area contributed by atoms with Gasteiger partial charge < -0.3 is 11.1 Å². The maximum Gasteiger partial charge on any atom is 0.270 e. The fraction of sp³-hybridized carbons (Fsp3) is 0.333. The second-order valence-electron chi connectivity index (χ2n) is 4.06. The standard InChI is InChI=1S/C9H13N7O3S2/c1-5(17)13-8-14-15-9(20-8)21(18,19)12-4-6-3-11-16(2)7(6)10/h3,12H,4,10H2,1-2H3,(H,13,14,17). The Morgan fingerprint density at radius 2 is 2.19 bits per heavy atom. The number of aromatic nitrogens is 4. The Labute approximate surface area is 124 Å². The summed E-state index contributed by atoms with van der Waals surface area (Å²) in [6.45, 7) is 1.27. The second kappa shape index (κ2) is 5.75. The molecule has 0 aromatic carbocycles. The number of sulfonamides is 1. The van der Waals surface area contributed by atoms with E-state index >= 15 is 0 Å². The average molecular weight is 331 g/mol. The first-order valence-corrected chi connectivity index (χ1v) is 7.96. The van der Waals surface area contributed by atoms with Crippen LogP contribution < -0.4 is 15.8 Å². The zero-order valence-electron chi connectivity index (χ0n) is 11.2. The molecule has 2 aromatic heterocycles. The van der Waals surface area contributed by atoms with Gasteiger partial charge in [-0.15, -0.1) is 10.2 Å². The van der Waals surface area contributed by atoms with Gasteiger partial charge in [-0.1, -0.05) is 11.3 Å². The minimum atomic E-state index is -3.83. The molecule has 0 aliphatic heterocycles. The van der Waals surface area contributed by atoms with Crippen LogP contribution in [-0.2, 0) is 28.4 Å². The number of hydrogen-bond acceptors (Lipinski definition) is 8. The number of nitrogen functional groups attached to an aromatic ring is 1. The molecule has 0 aliphatic rings. The SMILES string of the molecule is CC(=O)Nc1nnc(S(=O)(=O)NCc2cnn(C)c2N)s1. The van der Waals surface area contributed by atoms with Crippen LogP contribution in [0.25, 0.3) is 0 Å². The third-order valence-corrected chi connectivity index (χ3v) is 5.04. The highest BCUT2D eigenvalue weighted by molar-refractivity contribution is 7.91. The fourth-order valence-electron chi connectivity index (χ4n) is 1.38. The second-order valence-corrected chi connectivity index (χ2v) is 6.98. The molecular weight excluding hydrogens is 318 g/mol. The van der Waals surface area contributed by atoms with Crippen molar-refractivity contribution in [1.29, 1.82) is 0 Å². The first-order valence-electron chi connectivity index (χ1n) is 5.66. The number of nitrogens with one attached hydrogen (secondary N) is 2. The maximum atomic E-state index is 12.0. The van der Waals surface area contributed by atoms with Gasteiger partial charge in [0.15, 0.2) is 0 Å². The van der Waals surface area contributed by atoms with Crippen molar-refractivity contribution < 1.29 is 13.2 Å². The molecule has 0 bridgehead atoms. The summed E-state index contributed by atoms with van der Waals surface area (Å²) in [5.74, 6) is 0.0140. The molecule has 2 rings (SSSR count). The van der Waals surface area contributed by atoms with E-state index in [-0.39, 0.29) is 21.9 Å². The maximum absolute atomic E-state index is 12.0. The van der Waals surface area contributed by atoms with Crippen molar-refractivity contribution in [3.63, 3.8) is 0 Å². The van der Waals surface area contributed by atoms with Gasteiger partial charge in [0, 0.05) is 26.1 Å². The van der Waals surface area contributed by atoms with Crippen LogP contribution in [0.2, 0.25) is 0 Å². The summed E-state index contributed by atoms with van der Waals surface area (Å²) < 4.78 is 27.6. The van der Waals surface area contributed by atoms with E-state index in [0.29, 0.717) is 11.4 Å². The lowest BCUT2D eigenvalue weighted by Crippen LogP contribution is -2.23. The highest BCUT2D eigenvalue weighted by Gasteiger charge is 2.21. The Hall–Kier alpha value is -2.05. The molecule has 10 nitrogen and oxygen atoms in total. The van der Waals surface area contributed by atoms with E-state index in [9.17, 15) is 13.2 Å². The van der Waals surface area contributed by atoms with Crippen molar-refractivity contribution >= 4 is 38.2 Å². The number of amides is 1. The van der Waals surface area contributed by atoms with Crippen molar-refractivity contribution in [3.05, 3.63) is 11.8 Å². The number of carbonyl (C=O) groups excluding carboxylic acids is 1. The number of carbonyl (C=O) groups is 1. The third-order valence-electron chi connectivity index (χ3n) is 2.44. The number of nitrogens with two attached hydrogens (primary N) is 1. The molecule has 2 aromatic rings. The van der Waals surface area contributed by atoms with Gasteiger partial charge in [0.2, 0.25) is 15.4 Å². The lowest BCUT2D eigenvalue weighted by Gasteiger charge is -2.03. The van der Waals surface area contributed by atoms with E-state index in [4.69, 9.17) is 5.73 Å². The summed E-state index contributed by atoms with van der Waals surface area (Å²) >= 11 is 0.756. The minimum Gasteiger partial charge on any atom is -0.384 e. The molecule has 0 aliphatic carbocycles. The molecule has 0 atom stereocenters. The Morgan fingerprint density at radius 3 is 2.76 bits per heavy atom. The molecule has 0 saturated carbocycles. The smallest absolute Gasteiger partial charge is 0.270 e. The molecular formula is C9H13N7O3S2. The first-order chi connectivity index (χ1) is 9.79. The quantitative estimate of drug-likeness (QED) is 0.614. The van der Waals surface area contributed by atoms with Gasteiger partial charge in [0.25, 0.3) is 10.0 Å². The molecule has 21 heavy (non-hydrogen) atoms. The number of hydrogen-bond donors (Lipinski definition) is 3. The summed E-state index contributed by atoms with van der Waals surface area (Å²) in [6.07, 6.45) is 1.47. The first kappa shape index (κ1) is 15.3. The predicted molar refractivity (Wildman–Crippen MR) is 75.9 cm³/mol.